The molecule has 0 N–H and O–H groups in total. The van der Waals surface area contributed by atoms with Crippen molar-refractivity contribution in [3.05, 3.63) is 33.9 Å². The van der Waals surface area contributed by atoms with Crippen molar-refractivity contribution in [1.29, 1.82) is 0 Å². The maximum Gasteiger partial charge on any atom is 0.416 e. The quantitative estimate of drug-likeness (QED) is 0.552. The summed E-state index contributed by atoms with van der Waals surface area (Å²) in [5.74, 6) is 2.85. The van der Waals surface area contributed by atoms with Crippen LogP contribution in [0.5, 0.6) is 0 Å². The zero-order valence-electron chi connectivity index (χ0n) is 14.3. The van der Waals surface area contributed by atoms with Gasteiger partial charge in [0.25, 0.3) is 5.69 Å². The molecule has 6 nitrogen and oxygen atoms in total. The number of hydrogen-bond acceptors (Lipinski definition) is 6. The minimum Gasteiger partial charge on any atom is -0.362 e. The molecule has 0 bridgehead atoms. The Balaban J connectivity index is 1.70. The second-order valence-corrected chi connectivity index (χ2v) is 8.67. The van der Waals surface area contributed by atoms with Crippen LogP contribution in [0, 0.1) is 10.1 Å². The van der Waals surface area contributed by atoms with Gasteiger partial charge in [-0.25, -0.2) is 0 Å². The minimum atomic E-state index is -4.63. The largest absolute Gasteiger partial charge is 0.416 e. The summed E-state index contributed by atoms with van der Waals surface area (Å²) in [5, 5.41) is 11.2. The Kier molecular flexibility index (Phi) is 6.09. The lowest BCUT2D eigenvalue weighted by atomic mass is 10.1. The first kappa shape index (κ1) is 20.1. The Hall–Kier alpha value is -1.62. The third kappa shape index (κ3) is 4.63. The van der Waals surface area contributed by atoms with Gasteiger partial charge in [-0.3, -0.25) is 14.9 Å². The predicted octanol–water partition coefficient (Wildman–Crippen LogP) is 3.11. The van der Waals surface area contributed by atoms with E-state index in [1.807, 2.05) is 0 Å². The molecule has 1 amide bonds. The van der Waals surface area contributed by atoms with Gasteiger partial charge in [0, 0.05) is 49.5 Å². The molecule has 148 valence electrons. The van der Waals surface area contributed by atoms with Gasteiger partial charge in [-0.1, -0.05) is 0 Å². The van der Waals surface area contributed by atoms with E-state index < -0.39 is 22.4 Å². The van der Waals surface area contributed by atoms with Gasteiger partial charge in [0.2, 0.25) is 5.91 Å². The summed E-state index contributed by atoms with van der Waals surface area (Å²) < 4.78 is 38.5. The predicted molar refractivity (Wildman–Crippen MR) is 100 cm³/mol. The molecule has 2 aliphatic rings. The lowest BCUT2D eigenvalue weighted by Crippen LogP contribution is -2.51. The number of carbonyl (C=O) groups excluding carboxylic acids is 1. The number of nitro groups is 1. The Morgan fingerprint density at radius 2 is 1.89 bits per heavy atom. The second kappa shape index (κ2) is 8.17. The average Bonchev–Trinajstić information content (AvgIpc) is 2.67. The monoisotopic (exact) mass is 421 g/mol. The van der Waals surface area contributed by atoms with Crippen molar-refractivity contribution >= 4 is 40.8 Å². The van der Waals surface area contributed by atoms with Crippen LogP contribution in [0.1, 0.15) is 5.56 Å². The molecule has 3 rings (SSSR count). The van der Waals surface area contributed by atoms with Crippen LogP contribution >= 0.6 is 23.5 Å². The third-order valence-corrected chi connectivity index (χ3v) is 7.26. The molecule has 0 radical (unpaired) electrons. The van der Waals surface area contributed by atoms with E-state index in [0.717, 1.165) is 29.4 Å². The summed E-state index contributed by atoms with van der Waals surface area (Å²) in [4.78, 5) is 26.5. The molecule has 0 spiro atoms. The first-order valence-corrected chi connectivity index (χ1v) is 10.6. The number of carbonyl (C=O) groups is 1. The van der Waals surface area contributed by atoms with Crippen molar-refractivity contribution < 1.29 is 22.9 Å². The SMILES string of the molecule is O=C(C1CSCCS1)N1CCN(c2ccc(C(F)(F)F)cc2[N+](=O)[O-])CC1. The molecule has 0 saturated carbocycles. The van der Waals surface area contributed by atoms with E-state index in [1.165, 1.54) is 0 Å². The Morgan fingerprint density at radius 3 is 2.44 bits per heavy atom. The van der Waals surface area contributed by atoms with E-state index in [9.17, 15) is 28.1 Å². The van der Waals surface area contributed by atoms with Crippen molar-refractivity contribution in [3.63, 3.8) is 0 Å². The highest BCUT2D eigenvalue weighted by atomic mass is 32.2. The van der Waals surface area contributed by atoms with Crippen LogP contribution in [-0.2, 0) is 11.0 Å². The van der Waals surface area contributed by atoms with Crippen LogP contribution in [0.25, 0.3) is 0 Å². The summed E-state index contributed by atoms with van der Waals surface area (Å²) in [7, 11) is 0. The van der Waals surface area contributed by atoms with E-state index in [4.69, 9.17) is 0 Å². The van der Waals surface area contributed by atoms with E-state index in [0.29, 0.717) is 32.2 Å². The van der Waals surface area contributed by atoms with Crippen molar-refractivity contribution in [1.82, 2.24) is 4.90 Å². The summed E-state index contributed by atoms with van der Waals surface area (Å²) in [6.45, 7) is 1.50. The van der Waals surface area contributed by atoms with Crippen molar-refractivity contribution in [2.24, 2.45) is 0 Å². The number of nitro benzene ring substituents is 1. The molecule has 2 fully saturated rings. The minimum absolute atomic E-state index is 0.0595. The molecule has 0 aliphatic carbocycles. The van der Waals surface area contributed by atoms with Crippen LogP contribution in [0.4, 0.5) is 24.5 Å². The number of nitrogens with zero attached hydrogens (tertiary/aromatic N) is 3. The van der Waals surface area contributed by atoms with E-state index >= 15 is 0 Å². The number of rotatable bonds is 3. The molecule has 27 heavy (non-hydrogen) atoms. The van der Waals surface area contributed by atoms with Crippen LogP contribution in [-0.4, -0.2) is 64.4 Å². The number of alkyl halides is 3. The number of halogens is 3. The summed E-state index contributed by atoms with van der Waals surface area (Å²) in [5.41, 5.74) is -1.45. The summed E-state index contributed by atoms with van der Waals surface area (Å²) >= 11 is 3.41. The molecule has 1 aromatic carbocycles. The standard InChI is InChI=1S/C16H18F3N3O3S2/c17-16(18,19)11-1-2-12(13(9-11)22(24)25)20-3-5-21(6-4-20)15(23)14-10-26-7-8-27-14/h1-2,9,14H,3-8,10H2. The van der Waals surface area contributed by atoms with Gasteiger partial charge in [-0.15, -0.1) is 11.8 Å². The van der Waals surface area contributed by atoms with E-state index in [-0.39, 0.29) is 16.8 Å². The number of amides is 1. The first-order valence-electron chi connectivity index (χ1n) is 8.36. The molecular weight excluding hydrogens is 403 g/mol. The average molecular weight is 421 g/mol. The molecule has 2 saturated heterocycles. The molecule has 1 atom stereocenters. The van der Waals surface area contributed by atoms with Gasteiger partial charge in [0.15, 0.2) is 0 Å². The number of benzene rings is 1. The zero-order valence-corrected chi connectivity index (χ0v) is 15.9. The summed E-state index contributed by atoms with van der Waals surface area (Å²) in [6.07, 6.45) is -4.63. The molecule has 0 aromatic heterocycles. The van der Waals surface area contributed by atoms with E-state index in [2.05, 4.69) is 0 Å². The molecule has 2 aliphatic heterocycles. The van der Waals surface area contributed by atoms with Gasteiger partial charge in [-0.2, -0.15) is 24.9 Å². The number of thioether (sulfide) groups is 2. The highest BCUT2D eigenvalue weighted by molar-refractivity contribution is 8.07. The molecular formula is C16H18F3N3O3S2. The van der Waals surface area contributed by atoms with Crippen LogP contribution in [0.3, 0.4) is 0 Å². The van der Waals surface area contributed by atoms with Gasteiger partial charge in [0.1, 0.15) is 5.69 Å². The maximum atomic E-state index is 12.8. The fraction of sp³-hybridized carbons (Fsp3) is 0.562. The van der Waals surface area contributed by atoms with Crippen LogP contribution < -0.4 is 4.90 Å². The third-order valence-electron chi connectivity index (χ3n) is 4.52. The normalized spacial score (nSPS) is 21.2. The Morgan fingerprint density at radius 1 is 1.19 bits per heavy atom. The number of hydrogen-bond donors (Lipinski definition) is 0. The molecule has 2 heterocycles. The fourth-order valence-corrected chi connectivity index (χ4v) is 5.74. The lowest BCUT2D eigenvalue weighted by molar-refractivity contribution is -0.384. The van der Waals surface area contributed by atoms with Crippen molar-refractivity contribution in [2.75, 3.05) is 48.3 Å². The van der Waals surface area contributed by atoms with Gasteiger partial charge in [0.05, 0.1) is 15.7 Å². The number of anilines is 1. The maximum absolute atomic E-state index is 12.8. The zero-order chi connectivity index (χ0) is 19.6. The van der Waals surface area contributed by atoms with Crippen molar-refractivity contribution in [3.8, 4) is 0 Å². The van der Waals surface area contributed by atoms with Crippen LogP contribution in [0.2, 0.25) is 0 Å². The highest BCUT2D eigenvalue weighted by Gasteiger charge is 2.35. The smallest absolute Gasteiger partial charge is 0.362 e. The van der Waals surface area contributed by atoms with Gasteiger partial charge in [-0.05, 0) is 12.1 Å². The van der Waals surface area contributed by atoms with Crippen molar-refractivity contribution in [2.45, 2.75) is 11.4 Å². The Bertz CT molecular complexity index is 719. The fourth-order valence-electron chi connectivity index (χ4n) is 3.12. The van der Waals surface area contributed by atoms with Gasteiger partial charge < -0.3 is 9.80 Å². The van der Waals surface area contributed by atoms with E-state index in [1.54, 1.807) is 33.3 Å². The molecule has 1 unspecified atom stereocenters. The molecule has 1 aromatic rings. The molecule has 11 heteroatoms. The summed E-state index contributed by atoms with van der Waals surface area (Å²) in [6, 6.07) is 2.57. The Labute approximate surface area is 162 Å². The highest BCUT2D eigenvalue weighted by Crippen LogP contribution is 2.37. The lowest BCUT2D eigenvalue weighted by Gasteiger charge is -2.37. The second-order valence-electron chi connectivity index (χ2n) is 6.21. The first-order chi connectivity index (χ1) is 12.8. The van der Waals surface area contributed by atoms with Gasteiger partial charge >= 0.3 is 6.18 Å². The number of piperazine rings is 1. The van der Waals surface area contributed by atoms with Crippen LogP contribution in [0.15, 0.2) is 18.2 Å². The topological polar surface area (TPSA) is 66.7 Å².